The van der Waals surface area contributed by atoms with Crippen LogP contribution in [0.5, 0.6) is 0 Å². The second-order valence-corrected chi connectivity index (χ2v) is 9.41. The Morgan fingerprint density at radius 1 is 0.559 bits per heavy atom. The fraction of sp³-hybridized carbons (Fsp3) is 0.182. The molecule has 4 amide bonds. The first kappa shape index (κ1) is 23.5. The van der Waals surface area contributed by atoms with Crippen LogP contribution in [-0.4, -0.2) is 45.7 Å². The van der Waals surface area contributed by atoms with E-state index in [0.717, 1.165) is 9.79 Å². The maximum Gasteiger partial charge on any atom is 0.363 e. The van der Waals surface area contributed by atoms with Gasteiger partial charge in [0.2, 0.25) is 0 Å². The fourth-order valence-corrected chi connectivity index (χ4v) is 4.91. The number of amides is 4. The average molecular weight is 501 g/mol. The molecule has 10 nitrogen and oxygen atoms in total. The number of rotatable bonds is 7. The summed E-state index contributed by atoms with van der Waals surface area (Å²) in [5.41, 5.74) is 0.388. The van der Waals surface area contributed by atoms with Gasteiger partial charge in [0.15, 0.2) is 0 Å². The molecule has 0 unspecified atom stereocenters. The average Bonchev–Trinajstić information content (AvgIpc) is 3.33. The first-order chi connectivity index (χ1) is 16.3. The van der Waals surface area contributed by atoms with Crippen molar-refractivity contribution in [3.63, 3.8) is 0 Å². The summed E-state index contributed by atoms with van der Waals surface area (Å²) >= 11 is 0. The van der Waals surface area contributed by atoms with E-state index in [4.69, 9.17) is 9.68 Å². The van der Waals surface area contributed by atoms with Gasteiger partial charge in [-0.05, 0) is 48.5 Å². The van der Waals surface area contributed by atoms with Crippen molar-refractivity contribution < 1.29 is 38.4 Å². The van der Waals surface area contributed by atoms with Crippen molar-refractivity contribution in [2.24, 2.45) is 0 Å². The SMILES string of the molecule is O=C(ON1C(=O)CCC1=O)c1ccc(SSc2ccc(C(=O)ON3C(=O)CCC3=O)cc2)cc1. The van der Waals surface area contributed by atoms with Crippen LogP contribution in [-0.2, 0) is 28.9 Å². The van der Waals surface area contributed by atoms with E-state index in [2.05, 4.69) is 0 Å². The lowest BCUT2D eigenvalue weighted by molar-refractivity contribution is -0.173. The van der Waals surface area contributed by atoms with Crippen molar-refractivity contribution in [1.29, 1.82) is 0 Å². The standard InChI is InChI=1S/C22H16N2O8S2/c25-17-9-10-18(26)23(17)31-21(29)13-1-5-15(6-2-13)33-34-16-7-3-14(4-8-16)22(30)32-24-19(27)11-12-20(24)28/h1-8H,9-12H2. The monoisotopic (exact) mass is 500 g/mol. The molecule has 2 saturated heterocycles. The highest BCUT2D eigenvalue weighted by atomic mass is 33.1. The van der Waals surface area contributed by atoms with E-state index in [1.165, 1.54) is 45.9 Å². The second kappa shape index (κ2) is 10.1. The van der Waals surface area contributed by atoms with Gasteiger partial charge in [-0.1, -0.05) is 21.6 Å². The van der Waals surface area contributed by atoms with Crippen LogP contribution in [0.4, 0.5) is 0 Å². The highest BCUT2D eigenvalue weighted by molar-refractivity contribution is 8.76. The minimum atomic E-state index is -0.799. The van der Waals surface area contributed by atoms with E-state index >= 15 is 0 Å². The van der Waals surface area contributed by atoms with Gasteiger partial charge >= 0.3 is 11.9 Å². The number of benzene rings is 2. The van der Waals surface area contributed by atoms with Crippen molar-refractivity contribution >= 4 is 57.2 Å². The van der Waals surface area contributed by atoms with Crippen LogP contribution >= 0.6 is 21.6 Å². The zero-order chi connectivity index (χ0) is 24.2. The first-order valence-electron chi connectivity index (χ1n) is 10.0. The molecule has 2 heterocycles. The Labute approximate surface area is 200 Å². The van der Waals surface area contributed by atoms with Crippen LogP contribution in [0.25, 0.3) is 0 Å². The van der Waals surface area contributed by atoms with Gasteiger partial charge in [0.25, 0.3) is 23.6 Å². The molecule has 4 rings (SSSR count). The number of carbonyl (C=O) groups is 6. The van der Waals surface area contributed by atoms with Crippen molar-refractivity contribution in [1.82, 2.24) is 10.1 Å². The van der Waals surface area contributed by atoms with Crippen molar-refractivity contribution in [2.45, 2.75) is 35.5 Å². The van der Waals surface area contributed by atoms with Crippen molar-refractivity contribution in [3.8, 4) is 0 Å². The summed E-state index contributed by atoms with van der Waals surface area (Å²) in [6.07, 6.45) is 0.107. The van der Waals surface area contributed by atoms with Gasteiger partial charge in [-0.3, -0.25) is 19.2 Å². The molecule has 0 N–H and O–H groups in total. The lowest BCUT2D eigenvalue weighted by atomic mass is 10.2. The summed E-state index contributed by atoms with van der Waals surface area (Å²) in [6.45, 7) is 0. The number of hydrogen-bond donors (Lipinski definition) is 0. The molecule has 0 aliphatic carbocycles. The maximum absolute atomic E-state index is 12.2. The number of hydrogen-bond acceptors (Lipinski definition) is 10. The fourth-order valence-electron chi connectivity index (χ4n) is 2.98. The molecule has 2 fully saturated rings. The van der Waals surface area contributed by atoms with Crippen molar-refractivity contribution in [3.05, 3.63) is 59.7 Å². The molecule has 34 heavy (non-hydrogen) atoms. The van der Waals surface area contributed by atoms with Gasteiger partial charge in [0.05, 0.1) is 11.1 Å². The third-order valence-electron chi connectivity index (χ3n) is 4.77. The Morgan fingerprint density at radius 2 is 0.853 bits per heavy atom. The smallest absolute Gasteiger partial charge is 0.325 e. The molecule has 0 radical (unpaired) electrons. The Hall–Kier alpha value is -3.64. The minimum absolute atomic E-state index is 0.0267. The third kappa shape index (κ3) is 5.29. The Bertz CT molecular complexity index is 1050. The highest BCUT2D eigenvalue weighted by Gasteiger charge is 2.34. The minimum Gasteiger partial charge on any atom is -0.325 e. The van der Waals surface area contributed by atoms with E-state index in [-0.39, 0.29) is 36.8 Å². The summed E-state index contributed by atoms with van der Waals surface area (Å²) in [6, 6.07) is 12.9. The summed E-state index contributed by atoms with van der Waals surface area (Å²) in [4.78, 5) is 81.9. The molecule has 2 aromatic carbocycles. The second-order valence-electron chi connectivity index (χ2n) is 7.14. The predicted molar refractivity (Wildman–Crippen MR) is 118 cm³/mol. The first-order valence-corrected chi connectivity index (χ1v) is 12.2. The number of imide groups is 2. The number of carbonyl (C=O) groups excluding carboxylic acids is 6. The Kier molecular flexibility index (Phi) is 6.98. The predicted octanol–water partition coefficient (Wildman–Crippen LogP) is 2.93. The quantitative estimate of drug-likeness (QED) is 0.413. The van der Waals surface area contributed by atoms with Crippen LogP contribution in [0, 0.1) is 0 Å². The Morgan fingerprint density at radius 3 is 1.15 bits per heavy atom. The molecule has 2 aromatic rings. The van der Waals surface area contributed by atoms with Gasteiger partial charge in [-0.25, -0.2) is 9.59 Å². The summed E-state index contributed by atoms with van der Waals surface area (Å²) < 4.78 is 0. The van der Waals surface area contributed by atoms with E-state index < -0.39 is 35.6 Å². The lowest BCUT2D eigenvalue weighted by Crippen LogP contribution is -2.32. The number of nitrogens with zero attached hydrogens (tertiary/aromatic N) is 2. The van der Waals surface area contributed by atoms with Gasteiger partial charge in [0.1, 0.15) is 0 Å². The normalized spacial score (nSPS) is 15.8. The van der Waals surface area contributed by atoms with Crippen LogP contribution in [0.2, 0.25) is 0 Å². The molecule has 0 atom stereocenters. The molecule has 2 aliphatic heterocycles. The third-order valence-corrected chi connectivity index (χ3v) is 7.19. The van der Waals surface area contributed by atoms with Gasteiger partial charge < -0.3 is 9.68 Å². The lowest BCUT2D eigenvalue weighted by Gasteiger charge is -2.12. The maximum atomic E-state index is 12.2. The molecule has 174 valence electrons. The van der Waals surface area contributed by atoms with Crippen LogP contribution in [0.15, 0.2) is 58.3 Å². The Balaban J connectivity index is 1.29. The van der Waals surface area contributed by atoms with E-state index in [1.54, 1.807) is 24.3 Å². The zero-order valence-corrected chi connectivity index (χ0v) is 19.1. The molecule has 0 aromatic heterocycles. The molecule has 0 saturated carbocycles. The molecular formula is C22H16N2O8S2. The van der Waals surface area contributed by atoms with Crippen LogP contribution in [0.3, 0.4) is 0 Å². The van der Waals surface area contributed by atoms with E-state index in [1.807, 2.05) is 0 Å². The van der Waals surface area contributed by atoms with E-state index in [9.17, 15) is 28.8 Å². The molecule has 2 aliphatic rings. The van der Waals surface area contributed by atoms with E-state index in [0.29, 0.717) is 10.1 Å². The molecule has 12 heteroatoms. The van der Waals surface area contributed by atoms with Gasteiger partial charge in [-0.2, -0.15) is 0 Å². The topological polar surface area (TPSA) is 127 Å². The molecular weight excluding hydrogens is 484 g/mol. The number of hydroxylamine groups is 4. The molecule has 0 bridgehead atoms. The highest BCUT2D eigenvalue weighted by Crippen LogP contribution is 2.37. The zero-order valence-electron chi connectivity index (χ0n) is 17.4. The van der Waals surface area contributed by atoms with Gasteiger partial charge in [-0.15, -0.1) is 10.1 Å². The largest absolute Gasteiger partial charge is 0.363 e. The van der Waals surface area contributed by atoms with Crippen LogP contribution < -0.4 is 0 Å². The summed E-state index contributed by atoms with van der Waals surface area (Å²) in [5, 5.41) is 1.00. The molecule has 0 spiro atoms. The van der Waals surface area contributed by atoms with Crippen molar-refractivity contribution in [2.75, 3.05) is 0 Å². The summed E-state index contributed by atoms with van der Waals surface area (Å²) in [7, 11) is 2.80. The summed E-state index contributed by atoms with van der Waals surface area (Å²) in [5.74, 6) is -3.77. The van der Waals surface area contributed by atoms with Crippen LogP contribution in [0.1, 0.15) is 46.4 Å². The van der Waals surface area contributed by atoms with Gasteiger partial charge in [0, 0.05) is 35.5 Å².